The third-order valence-electron chi connectivity index (χ3n) is 5.37. The maximum atomic E-state index is 10.3. The van der Waals surface area contributed by atoms with Crippen molar-refractivity contribution in [3.63, 3.8) is 0 Å². The SMILES string of the molecule is CN1CCC(Nc2nc3ccccc3[nH]2)CC1.O=S(=O)(O)NC1CCCCC1. The summed E-state index contributed by atoms with van der Waals surface area (Å²) in [5, 5.41) is 3.50. The van der Waals surface area contributed by atoms with Crippen LogP contribution in [-0.2, 0) is 10.3 Å². The molecule has 1 aliphatic carbocycles. The largest absolute Gasteiger partial charge is 0.353 e. The number of likely N-dealkylation sites (tertiary alicyclic amines) is 1. The summed E-state index contributed by atoms with van der Waals surface area (Å²) >= 11 is 0. The van der Waals surface area contributed by atoms with Crippen molar-refractivity contribution in [1.82, 2.24) is 19.6 Å². The highest BCUT2D eigenvalue weighted by Gasteiger charge is 2.18. The van der Waals surface area contributed by atoms with E-state index in [-0.39, 0.29) is 6.04 Å². The molecule has 1 saturated carbocycles. The summed E-state index contributed by atoms with van der Waals surface area (Å²) in [5.74, 6) is 0.903. The standard InChI is InChI=1S/C13H18N4.C6H13NO3S/c1-17-8-6-10(7-9-17)14-13-15-11-4-2-3-5-12(11)16-13;8-11(9,10)7-6-4-2-1-3-5-6/h2-5,10H,6-9H2,1H3,(H2,14,15,16);6-7H,1-5H2,(H,8,9,10). The zero-order valence-corrected chi connectivity index (χ0v) is 17.2. The lowest BCUT2D eigenvalue weighted by molar-refractivity contribution is 0.263. The number of hydrogen-bond acceptors (Lipinski definition) is 5. The average Bonchev–Trinajstić information content (AvgIpc) is 3.06. The van der Waals surface area contributed by atoms with Gasteiger partial charge in [-0.15, -0.1) is 0 Å². The van der Waals surface area contributed by atoms with Crippen LogP contribution < -0.4 is 10.0 Å². The van der Waals surface area contributed by atoms with Crippen LogP contribution in [0.25, 0.3) is 11.0 Å². The molecular formula is C19H31N5O3S. The maximum absolute atomic E-state index is 10.3. The van der Waals surface area contributed by atoms with Crippen LogP contribution in [0.15, 0.2) is 24.3 Å². The summed E-state index contributed by atoms with van der Waals surface area (Å²) in [7, 11) is -1.80. The third-order valence-corrected chi connectivity index (χ3v) is 6.00. The number of rotatable bonds is 4. The number of nitrogens with zero attached hydrogens (tertiary/aromatic N) is 2. The Morgan fingerprint density at radius 3 is 2.39 bits per heavy atom. The molecule has 0 amide bonds. The molecule has 28 heavy (non-hydrogen) atoms. The Bertz CT molecular complexity index is 807. The van der Waals surface area contributed by atoms with E-state index in [1.807, 2.05) is 18.2 Å². The first-order chi connectivity index (χ1) is 13.4. The van der Waals surface area contributed by atoms with Crippen molar-refractivity contribution in [1.29, 1.82) is 0 Å². The van der Waals surface area contributed by atoms with Crippen LogP contribution in [-0.4, -0.2) is 60.1 Å². The lowest BCUT2D eigenvalue weighted by Gasteiger charge is -2.29. The smallest absolute Gasteiger partial charge is 0.333 e. The highest BCUT2D eigenvalue weighted by Crippen LogP contribution is 2.18. The first-order valence-corrected chi connectivity index (χ1v) is 11.5. The minimum Gasteiger partial charge on any atom is -0.353 e. The molecule has 1 aliphatic heterocycles. The molecule has 0 radical (unpaired) electrons. The topological polar surface area (TPSA) is 110 Å². The Morgan fingerprint density at radius 2 is 1.75 bits per heavy atom. The van der Waals surface area contributed by atoms with Crippen LogP contribution in [0.4, 0.5) is 5.95 Å². The van der Waals surface area contributed by atoms with E-state index in [0.29, 0.717) is 6.04 Å². The van der Waals surface area contributed by atoms with E-state index in [2.05, 4.69) is 38.0 Å². The van der Waals surface area contributed by atoms with Crippen LogP contribution >= 0.6 is 0 Å². The zero-order valence-electron chi connectivity index (χ0n) is 16.4. The number of nitrogens with one attached hydrogen (secondary N) is 3. The fourth-order valence-corrected chi connectivity index (χ4v) is 4.46. The molecule has 4 N–H and O–H groups in total. The van der Waals surface area contributed by atoms with Gasteiger partial charge in [0.1, 0.15) is 0 Å². The van der Waals surface area contributed by atoms with Gasteiger partial charge >= 0.3 is 10.3 Å². The molecule has 4 rings (SSSR count). The monoisotopic (exact) mass is 409 g/mol. The van der Waals surface area contributed by atoms with Gasteiger partial charge in [-0.25, -0.2) is 4.98 Å². The molecule has 1 saturated heterocycles. The molecule has 1 aromatic carbocycles. The van der Waals surface area contributed by atoms with Gasteiger partial charge in [0.15, 0.2) is 0 Å². The minimum atomic E-state index is -3.97. The number of aromatic nitrogens is 2. The molecule has 0 atom stereocenters. The summed E-state index contributed by atoms with van der Waals surface area (Å²) in [6.45, 7) is 2.33. The number of piperidine rings is 1. The number of fused-ring (bicyclic) bond motifs is 1. The average molecular weight is 410 g/mol. The summed E-state index contributed by atoms with van der Waals surface area (Å²) in [6, 6.07) is 8.64. The van der Waals surface area contributed by atoms with Gasteiger partial charge in [0.25, 0.3) is 0 Å². The molecule has 9 heteroatoms. The van der Waals surface area contributed by atoms with Crippen molar-refractivity contribution in [2.24, 2.45) is 0 Å². The third kappa shape index (κ3) is 6.73. The van der Waals surface area contributed by atoms with E-state index in [9.17, 15) is 8.42 Å². The molecule has 0 bridgehead atoms. The minimum absolute atomic E-state index is 0.0428. The molecule has 0 unspecified atom stereocenters. The van der Waals surface area contributed by atoms with Crippen molar-refractivity contribution in [3.8, 4) is 0 Å². The summed E-state index contributed by atoms with van der Waals surface area (Å²) in [4.78, 5) is 10.2. The van der Waals surface area contributed by atoms with E-state index < -0.39 is 10.3 Å². The van der Waals surface area contributed by atoms with Crippen LogP contribution in [0.2, 0.25) is 0 Å². The van der Waals surface area contributed by atoms with E-state index in [4.69, 9.17) is 4.55 Å². The second-order valence-corrected chi connectivity index (χ2v) is 8.94. The van der Waals surface area contributed by atoms with Gasteiger partial charge in [0.05, 0.1) is 11.0 Å². The van der Waals surface area contributed by atoms with E-state index in [1.54, 1.807) is 0 Å². The van der Waals surface area contributed by atoms with E-state index >= 15 is 0 Å². The van der Waals surface area contributed by atoms with Gasteiger partial charge in [-0.1, -0.05) is 31.4 Å². The van der Waals surface area contributed by atoms with Crippen LogP contribution in [0, 0.1) is 0 Å². The highest BCUT2D eigenvalue weighted by molar-refractivity contribution is 7.83. The Labute approximate surface area is 167 Å². The normalized spacial score (nSPS) is 19.9. The van der Waals surface area contributed by atoms with Gasteiger partial charge in [-0.3, -0.25) is 4.55 Å². The first kappa shape index (κ1) is 21.0. The van der Waals surface area contributed by atoms with Gasteiger partial charge in [0.2, 0.25) is 5.95 Å². The predicted octanol–water partition coefficient (Wildman–Crippen LogP) is 2.78. The summed E-state index contributed by atoms with van der Waals surface area (Å²) in [5.41, 5.74) is 2.13. The van der Waals surface area contributed by atoms with Crippen LogP contribution in [0.3, 0.4) is 0 Å². The molecule has 0 spiro atoms. The number of hydrogen-bond donors (Lipinski definition) is 4. The van der Waals surface area contributed by atoms with Gasteiger partial charge < -0.3 is 15.2 Å². The van der Waals surface area contributed by atoms with Crippen molar-refractivity contribution < 1.29 is 13.0 Å². The molecule has 2 aromatic rings. The number of benzene rings is 1. The van der Waals surface area contributed by atoms with Crippen molar-refractivity contribution >= 4 is 27.3 Å². The number of para-hydroxylation sites is 2. The first-order valence-electron chi connectivity index (χ1n) is 10.0. The number of H-pyrrole nitrogens is 1. The second-order valence-electron chi connectivity index (χ2n) is 7.75. The van der Waals surface area contributed by atoms with Gasteiger partial charge in [-0.2, -0.15) is 13.1 Å². The van der Waals surface area contributed by atoms with Crippen LogP contribution in [0.1, 0.15) is 44.9 Å². The molecule has 1 aromatic heterocycles. The van der Waals surface area contributed by atoms with Crippen molar-refractivity contribution in [2.75, 3.05) is 25.5 Å². The maximum Gasteiger partial charge on any atom is 0.333 e. The van der Waals surface area contributed by atoms with Gasteiger partial charge in [0, 0.05) is 12.1 Å². The Hall–Kier alpha value is -1.68. The molecule has 2 fully saturated rings. The zero-order chi connectivity index (χ0) is 20.0. The van der Waals surface area contributed by atoms with Crippen molar-refractivity contribution in [3.05, 3.63) is 24.3 Å². The molecule has 2 heterocycles. The fraction of sp³-hybridized carbons (Fsp3) is 0.632. The Morgan fingerprint density at radius 1 is 1.07 bits per heavy atom. The molecule has 8 nitrogen and oxygen atoms in total. The summed E-state index contributed by atoms with van der Waals surface area (Å²) < 4.78 is 31.3. The fourth-order valence-electron chi connectivity index (χ4n) is 3.80. The lowest BCUT2D eigenvalue weighted by Crippen LogP contribution is -2.36. The van der Waals surface area contributed by atoms with Gasteiger partial charge in [-0.05, 0) is 58.0 Å². The van der Waals surface area contributed by atoms with Crippen LogP contribution in [0.5, 0.6) is 0 Å². The lowest BCUT2D eigenvalue weighted by atomic mass is 9.96. The van der Waals surface area contributed by atoms with Crippen molar-refractivity contribution in [2.45, 2.75) is 57.0 Å². The Balaban J connectivity index is 0.000000178. The molecular weight excluding hydrogens is 378 g/mol. The molecule has 2 aliphatic rings. The summed E-state index contributed by atoms with van der Waals surface area (Å²) in [6.07, 6.45) is 7.34. The Kier molecular flexibility index (Phi) is 7.28. The van der Waals surface area contributed by atoms with E-state index in [0.717, 1.165) is 55.8 Å². The number of aromatic amines is 1. The number of imidazole rings is 1. The second kappa shape index (κ2) is 9.69. The highest BCUT2D eigenvalue weighted by atomic mass is 32.2. The predicted molar refractivity (Wildman–Crippen MR) is 112 cm³/mol. The quantitative estimate of drug-likeness (QED) is 0.578. The van der Waals surface area contributed by atoms with E-state index in [1.165, 1.54) is 19.3 Å². The number of anilines is 1. The molecule has 156 valence electrons.